The topological polar surface area (TPSA) is 154 Å². The predicted molar refractivity (Wildman–Crippen MR) is 161 cm³/mol. The summed E-state index contributed by atoms with van der Waals surface area (Å²) in [5.74, 6) is -0.925. The van der Waals surface area contributed by atoms with E-state index in [-0.39, 0.29) is 36.7 Å². The van der Waals surface area contributed by atoms with Crippen molar-refractivity contribution in [2.45, 2.75) is 68.5 Å². The standard InChI is InChI=1S/C32H36N2O8S/c35-19-21-9-11-22(12-10-21)28-18-26(20-43-27-15-13-23(14-16-27)31(38)39)41-32(42-28)24-5-4-6-25(17-24)33-29(36)7-2-1-3-8-30(37)34-40/h4-6,9-17,26,28,32,35,40H,1-3,7-8,18-20H2,(H,33,36)(H,34,37)(H,38,39). The molecule has 1 fully saturated rings. The largest absolute Gasteiger partial charge is 0.478 e. The van der Waals surface area contributed by atoms with Gasteiger partial charge in [0.05, 0.1) is 24.4 Å². The SMILES string of the molecule is O=C(CCCCCC(=O)Nc1cccc(C2OC(CSc3ccc(C(=O)O)cc3)CC(c3ccc(CO)cc3)O2)c1)NO. The highest BCUT2D eigenvalue weighted by Gasteiger charge is 2.32. The number of carboxylic acid groups (broad SMARTS) is 1. The molecule has 10 nitrogen and oxygen atoms in total. The van der Waals surface area contributed by atoms with Crippen LogP contribution in [0, 0.1) is 0 Å². The van der Waals surface area contributed by atoms with Gasteiger partial charge in [-0.05, 0) is 60.4 Å². The molecule has 3 aromatic carbocycles. The van der Waals surface area contributed by atoms with Crippen LogP contribution in [-0.2, 0) is 25.7 Å². The van der Waals surface area contributed by atoms with Crippen molar-refractivity contribution >= 4 is 35.2 Å². The summed E-state index contributed by atoms with van der Waals surface area (Å²) in [4.78, 5) is 35.7. The lowest BCUT2D eigenvalue weighted by molar-refractivity contribution is -0.245. The number of benzene rings is 3. The van der Waals surface area contributed by atoms with Crippen molar-refractivity contribution in [2.24, 2.45) is 0 Å². The van der Waals surface area contributed by atoms with Crippen LogP contribution in [-0.4, -0.2) is 45.1 Å². The minimum Gasteiger partial charge on any atom is -0.478 e. The molecule has 3 aromatic rings. The second-order valence-electron chi connectivity index (χ2n) is 10.3. The van der Waals surface area contributed by atoms with Gasteiger partial charge < -0.3 is 25.0 Å². The quantitative estimate of drug-likeness (QED) is 0.0680. The van der Waals surface area contributed by atoms with Crippen LogP contribution in [0.15, 0.2) is 77.7 Å². The van der Waals surface area contributed by atoms with Crippen LogP contribution >= 0.6 is 11.8 Å². The van der Waals surface area contributed by atoms with Crippen LogP contribution in [0.3, 0.4) is 0 Å². The van der Waals surface area contributed by atoms with Gasteiger partial charge in [-0.3, -0.25) is 14.8 Å². The number of hydroxylamine groups is 1. The van der Waals surface area contributed by atoms with Gasteiger partial charge in [0, 0.05) is 41.2 Å². The lowest BCUT2D eigenvalue weighted by Gasteiger charge is -2.36. The molecule has 3 atom stereocenters. The number of carboxylic acids is 1. The van der Waals surface area contributed by atoms with Crippen molar-refractivity contribution in [3.8, 4) is 0 Å². The summed E-state index contributed by atoms with van der Waals surface area (Å²) in [6, 6.07) is 21.7. The van der Waals surface area contributed by atoms with Crippen LogP contribution in [0.4, 0.5) is 5.69 Å². The number of rotatable bonds is 14. The fourth-order valence-corrected chi connectivity index (χ4v) is 5.62. The first-order valence-corrected chi connectivity index (χ1v) is 15.1. The van der Waals surface area contributed by atoms with Crippen molar-refractivity contribution in [2.75, 3.05) is 11.1 Å². The van der Waals surface area contributed by atoms with Crippen molar-refractivity contribution in [1.29, 1.82) is 0 Å². The Morgan fingerprint density at radius 3 is 2.26 bits per heavy atom. The molecule has 0 bridgehead atoms. The molecule has 228 valence electrons. The van der Waals surface area contributed by atoms with Crippen molar-refractivity contribution in [1.82, 2.24) is 5.48 Å². The zero-order valence-corrected chi connectivity index (χ0v) is 24.4. The number of ether oxygens (including phenoxy) is 2. The average Bonchev–Trinajstić information content (AvgIpc) is 3.03. The molecule has 4 rings (SSSR count). The van der Waals surface area contributed by atoms with Gasteiger partial charge in [0.1, 0.15) is 0 Å². The van der Waals surface area contributed by atoms with Crippen LogP contribution in [0.1, 0.15) is 78.0 Å². The molecule has 0 saturated carbocycles. The summed E-state index contributed by atoms with van der Waals surface area (Å²) in [7, 11) is 0. The van der Waals surface area contributed by atoms with E-state index in [4.69, 9.17) is 14.7 Å². The Labute approximate surface area is 254 Å². The summed E-state index contributed by atoms with van der Waals surface area (Å²) in [6.45, 7) is -0.0448. The molecule has 2 amide bonds. The maximum absolute atomic E-state index is 12.5. The number of thioether (sulfide) groups is 1. The maximum atomic E-state index is 12.5. The summed E-state index contributed by atoms with van der Waals surface area (Å²) >= 11 is 1.58. The first kappa shape index (κ1) is 32.2. The second kappa shape index (κ2) is 16.2. The molecule has 0 aliphatic carbocycles. The van der Waals surface area contributed by atoms with Gasteiger partial charge in [-0.2, -0.15) is 0 Å². The summed E-state index contributed by atoms with van der Waals surface area (Å²) < 4.78 is 12.8. The number of hydrogen-bond donors (Lipinski definition) is 5. The molecule has 0 radical (unpaired) electrons. The van der Waals surface area contributed by atoms with E-state index in [9.17, 15) is 24.6 Å². The van der Waals surface area contributed by atoms with E-state index in [1.807, 2.05) is 42.5 Å². The summed E-state index contributed by atoms with van der Waals surface area (Å²) in [5, 5.41) is 30.1. The molecule has 1 saturated heterocycles. The van der Waals surface area contributed by atoms with Crippen molar-refractivity contribution in [3.05, 3.63) is 95.1 Å². The number of hydrogen-bond acceptors (Lipinski definition) is 8. The smallest absolute Gasteiger partial charge is 0.335 e. The average molecular weight is 609 g/mol. The fraction of sp³-hybridized carbons (Fsp3) is 0.344. The Balaban J connectivity index is 1.41. The number of aromatic carboxylic acids is 1. The van der Waals surface area contributed by atoms with Crippen molar-refractivity contribution in [3.63, 3.8) is 0 Å². The monoisotopic (exact) mass is 608 g/mol. The predicted octanol–water partition coefficient (Wildman–Crippen LogP) is 5.61. The number of carbonyl (C=O) groups is 3. The molecule has 1 aliphatic heterocycles. The first-order valence-electron chi connectivity index (χ1n) is 14.1. The Bertz CT molecular complexity index is 1370. The van der Waals surface area contributed by atoms with E-state index < -0.39 is 18.2 Å². The normalized spacial score (nSPS) is 18.1. The maximum Gasteiger partial charge on any atom is 0.335 e. The van der Waals surface area contributed by atoms with Crippen LogP contribution in [0.2, 0.25) is 0 Å². The van der Waals surface area contributed by atoms with Crippen LogP contribution in [0.5, 0.6) is 0 Å². The molecule has 1 aliphatic rings. The molecule has 43 heavy (non-hydrogen) atoms. The highest BCUT2D eigenvalue weighted by atomic mass is 32.2. The number of unbranched alkanes of at least 4 members (excludes halogenated alkanes) is 2. The molecule has 3 unspecified atom stereocenters. The van der Waals surface area contributed by atoms with Crippen molar-refractivity contribution < 1.29 is 39.3 Å². The Morgan fingerprint density at radius 2 is 1.58 bits per heavy atom. The van der Waals surface area contributed by atoms with Gasteiger partial charge in [0.2, 0.25) is 11.8 Å². The molecule has 0 aromatic heterocycles. The van der Waals surface area contributed by atoms with E-state index in [1.165, 1.54) is 0 Å². The van der Waals surface area contributed by atoms with Gasteiger partial charge in [0.15, 0.2) is 6.29 Å². The van der Waals surface area contributed by atoms with Gasteiger partial charge in [0.25, 0.3) is 0 Å². The fourth-order valence-electron chi connectivity index (χ4n) is 4.70. The Kier molecular flexibility index (Phi) is 12.1. The molecule has 0 spiro atoms. The number of aliphatic hydroxyl groups is 1. The highest BCUT2D eigenvalue weighted by Crippen LogP contribution is 2.40. The number of carbonyl (C=O) groups excluding carboxylic acids is 2. The van der Waals surface area contributed by atoms with E-state index in [2.05, 4.69) is 5.32 Å². The third-order valence-corrected chi connectivity index (χ3v) is 8.17. The summed E-state index contributed by atoms with van der Waals surface area (Å²) in [6.07, 6.45) is 1.88. The minimum atomic E-state index is -0.967. The number of amides is 2. The van der Waals surface area contributed by atoms with E-state index >= 15 is 0 Å². The third kappa shape index (κ3) is 9.91. The molecular weight excluding hydrogens is 572 g/mol. The molecule has 1 heterocycles. The first-order chi connectivity index (χ1) is 20.8. The number of aliphatic hydroxyl groups excluding tert-OH is 1. The third-order valence-electron chi connectivity index (χ3n) is 7.03. The van der Waals surface area contributed by atoms with Gasteiger partial charge >= 0.3 is 5.97 Å². The lowest BCUT2D eigenvalue weighted by Crippen LogP contribution is -2.31. The van der Waals surface area contributed by atoms with E-state index in [1.54, 1.807) is 47.6 Å². The molecule has 5 N–H and O–H groups in total. The number of anilines is 1. The molecular formula is C32H36N2O8S. The van der Waals surface area contributed by atoms with Crippen LogP contribution in [0.25, 0.3) is 0 Å². The highest BCUT2D eigenvalue weighted by molar-refractivity contribution is 7.99. The Morgan fingerprint density at radius 1 is 0.860 bits per heavy atom. The van der Waals surface area contributed by atoms with E-state index in [0.29, 0.717) is 43.5 Å². The second-order valence-corrected chi connectivity index (χ2v) is 11.4. The zero-order chi connectivity index (χ0) is 30.6. The minimum absolute atomic E-state index is 0.0448. The zero-order valence-electron chi connectivity index (χ0n) is 23.6. The van der Waals surface area contributed by atoms with E-state index in [0.717, 1.165) is 21.6 Å². The summed E-state index contributed by atoms with van der Waals surface area (Å²) in [5.41, 5.74) is 4.98. The number of nitrogens with one attached hydrogen (secondary N) is 2. The lowest BCUT2D eigenvalue weighted by atomic mass is 10.0. The molecule has 11 heteroatoms. The Hall–Kier alpha value is -3.74. The van der Waals surface area contributed by atoms with Crippen LogP contribution < -0.4 is 10.8 Å². The van der Waals surface area contributed by atoms with Gasteiger partial charge in [-0.15, -0.1) is 11.8 Å². The van der Waals surface area contributed by atoms with Gasteiger partial charge in [-0.25, -0.2) is 10.3 Å². The van der Waals surface area contributed by atoms with Gasteiger partial charge in [-0.1, -0.05) is 42.8 Å².